The molecule has 0 aliphatic heterocycles. The van der Waals surface area contributed by atoms with Gasteiger partial charge in [0, 0.05) is 16.8 Å². The van der Waals surface area contributed by atoms with Crippen LogP contribution in [0, 0.1) is 0 Å². The molecule has 0 aromatic rings. The third-order valence-electron chi connectivity index (χ3n) is 1.22. The van der Waals surface area contributed by atoms with E-state index in [1.54, 1.807) is 0 Å². The predicted molar refractivity (Wildman–Crippen MR) is 67.0 cm³/mol. The highest BCUT2D eigenvalue weighted by molar-refractivity contribution is 8.00. The van der Waals surface area contributed by atoms with Crippen molar-refractivity contribution in [3.63, 3.8) is 0 Å². The van der Waals surface area contributed by atoms with Gasteiger partial charge in [-0.05, 0) is 24.3 Å². The van der Waals surface area contributed by atoms with Crippen molar-refractivity contribution < 1.29 is 0 Å². The van der Waals surface area contributed by atoms with Crippen molar-refractivity contribution in [2.45, 2.75) is 18.1 Å². The van der Waals surface area contributed by atoms with Crippen molar-refractivity contribution in [3.8, 4) is 0 Å². The van der Waals surface area contributed by atoms with Crippen LogP contribution in [-0.4, -0.2) is 28.3 Å². The summed E-state index contributed by atoms with van der Waals surface area (Å²) in [5, 5.41) is 0.458. The molecule has 0 bridgehead atoms. The molecule has 68 valence electrons. The van der Waals surface area contributed by atoms with Crippen molar-refractivity contribution in [2.75, 3.05) is 23.0 Å². The van der Waals surface area contributed by atoms with Gasteiger partial charge >= 0.3 is 0 Å². The van der Waals surface area contributed by atoms with Crippen LogP contribution in [0.1, 0.15) is 12.8 Å². The summed E-state index contributed by atoms with van der Waals surface area (Å²) in [6.07, 6.45) is 2.51. The summed E-state index contributed by atoms with van der Waals surface area (Å²) in [5.74, 6) is 4.25. The molecule has 0 aliphatic rings. The summed E-state index contributed by atoms with van der Waals surface area (Å²) in [6.45, 7) is 0. The highest BCUT2D eigenvalue weighted by atomic mass is 32.2. The molecule has 1 atom stereocenters. The second-order valence-corrected chi connectivity index (χ2v) is 5.03. The van der Waals surface area contributed by atoms with E-state index in [2.05, 4.69) is 37.9 Å². The first kappa shape index (κ1) is 12.4. The number of rotatable bonds is 7. The summed E-state index contributed by atoms with van der Waals surface area (Å²) < 4.78 is 0. The lowest BCUT2D eigenvalue weighted by molar-refractivity contribution is 0.909. The maximum Gasteiger partial charge on any atom is 0.0196 e. The normalized spacial score (nSPS) is 13.4. The van der Waals surface area contributed by atoms with E-state index in [9.17, 15) is 0 Å². The van der Waals surface area contributed by atoms with Crippen LogP contribution in [0.25, 0.3) is 0 Å². The first-order valence-electron chi connectivity index (χ1n) is 3.78. The Hall–Kier alpha value is 1.40. The zero-order chi connectivity index (χ0) is 8.53. The highest BCUT2D eigenvalue weighted by Crippen LogP contribution is 2.11. The number of thioether (sulfide) groups is 1. The van der Waals surface area contributed by atoms with Gasteiger partial charge < -0.3 is 0 Å². The molecule has 0 saturated heterocycles. The monoisotopic (exact) mass is 228 g/mol. The molecule has 4 heteroatoms. The van der Waals surface area contributed by atoms with Crippen molar-refractivity contribution >= 4 is 49.6 Å². The quantitative estimate of drug-likeness (QED) is 0.445. The second kappa shape index (κ2) is 9.49. The summed E-state index contributed by atoms with van der Waals surface area (Å²) in [4.78, 5) is 0. The van der Waals surface area contributed by atoms with E-state index in [0.29, 0.717) is 5.25 Å². The molecule has 0 aromatic carbocycles. The Bertz CT molecular complexity index is 76.8. The maximum absolute atomic E-state index is 4.34. The van der Waals surface area contributed by atoms with Gasteiger partial charge in [-0.1, -0.05) is 0 Å². The van der Waals surface area contributed by atoms with E-state index in [4.69, 9.17) is 0 Å². The van der Waals surface area contributed by atoms with Gasteiger partial charge in [0.05, 0.1) is 0 Å². The Labute approximate surface area is 90.5 Å². The van der Waals surface area contributed by atoms with Crippen molar-refractivity contribution in [1.82, 2.24) is 0 Å². The minimum Gasteiger partial charge on any atom is -0.179 e. The number of hydrogen-bond donors (Lipinski definition) is 3. The molecule has 0 aliphatic carbocycles. The molecular formula is C7H16S4. The van der Waals surface area contributed by atoms with E-state index in [1.807, 2.05) is 11.8 Å². The van der Waals surface area contributed by atoms with Crippen LogP contribution < -0.4 is 0 Å². The topological polar surface area (TPSA) is 0 Å². The molecule has 0 nitrogen and oxygen atoms in total. The van der Waals surface area contributed by atoms with Gasteiger partial charge in [0.1, 0.15) is 0 Å². The number of thiol groups is 3. The van der Waals surface area contributed by atoms with Crippen molar-refractivity contribution in [2.24, 2.45) is 0 Å². The zero-order valence-electron chi connectivity index (χ0n) is 6.57. The fourth-order valence-electron chi connectivity index (χ4n) is 0.588. The molecule has 11 heavy (non-hydrogen) atoms. The molecule has 0 fully saturated rings. The Morgan fingerprint density at radius 2 is 1.91 bits per heavy atom. The van der Waals surface area contributed by atoms with Gasteiger partial charge in [-0.15, -0.1) is 0 Å². The van der Waals surface area contributed by atoms with E-state index in [0.717, 1.165) is 17.3 Å². The van der Waals surface area contributed by atoms with Crippen LogP contribution in [0.5, 0.6) is 0 Å². The lowest BCUT2D eigenvalue weighted by Gasteiger charge is -2.05. The molecule has 1 unspecified atom stereocenters. The molecule has 0 aromatic heterocycles. The van der Waals surface area contributed by atoms with Crippen LogP contribution in [0.3, 0.4) is 0 Å². The molecule has 0 spiro atoms. The lowest BCUT2D eigenvalue weighted by Crippen LogP contribution is -2.04. The average Bonchev–Trinajstić information content (AvgIpc) is 2.04. The molecule has 0 rings (SSSR count). The smallest absolute Gasteiger partial charge is 0.0196 e. The SMILES string of the molecule is SCCCCSCC(S)CS. The minimum absolute atomic E-state index is 0.458. The van der Waals surface area contributed by atoms with Crippen LogP contribution in [-0.2, 0) is 0 Å². The van der Waals surface area contributed by atoms with Crippen LogP contribution in [0.4, 0.5) is 0 Å². The minimum atomic E-state index is 0.458. The lowest BCUT2D eigenvalue weighted by atomic mass is 10.4. The molecule has 0 radical (unpaired) electrons. The van der Waals surface area contributed by atoms with Crippen molar-refractivity contribution in [1.29, 1.82) is 0 Å². The second-order valence-electron chi connectivity index (χ2n) is 2.34. The first-order valence-corrected chi connectivity index (χ1v) is 6.72. The predicted octanol–water partition coefficient (Wildman–Crippen LogP) is 2.66. The van der Waals surface area contributed by atoms with Gasteiger partial charge in [-0.3, -0.25) is 0 Å². The van der Waals surface area contributed by atoms with E-state index >= 15 is 0 Å². The van der Waals surface area contributed by atoms with Crippen LogP contribution in [0.15, 0.2) is 0 Å². The average molecular weight is 228 g/mol. The van der Waals surface area contributed by atoms with Gasteiger partial charge in [0.2, 0.25) is 0 Å². The summed E-state index contributed by atoms with van der Waals surface area (Å²) in [5.41, 5.74) is 0. The van der Waals surface area contributed by atoms with Gasteiger partial charge in [-0.2, -0.15) is 49.6 Å². The Morgan fingerprint density at radius 1 is 1.18 bits per heavy atom. The molecular weight excluding hydrogens is 212 g/mol. The van der Waals surface area contributed by atoms with E-state index in [1.165, 1.54) is 18.6 Å². The summed E-state index contributed by atoms with van der Waals surface area (Å²) in [7, 11) is 0. The standard InChI is InChI=1S/C7H16S4/c8-3-1-2-4-11-6-7(10)5-9/h7-10H,1-6H2. The molecule has 0 heterocycles. The van der Waals surface area contributed by atoms with Crippen LogP contribution >= 0.6 is 49.6 Å². The number of hydrogen-bond acceptors (Lipinski definition) is 4. The summed E-state index contributed by atoms with van der Waals surface area (Å²) in [6, 6.07) is 0. The fraction of sp³-hybridized carbons (Fsp3) is 1.00. The Morgan fingerprint density at radius 3 is 2.45 bits per heavy atom. The molecule has 0 saturated carbocycles. The fourth-order valence-corrected chi connectivity index (χ4v) is 2.40. The van der Waals surface area contributed by atoms with Gasteiger partial charge in [0.15, 0.2) is 0 Å². The Balaban J connectivity index is 2.89. The van der Waals surface area contributed by atoms with Gasteiger partial charge in [0.25, 0.3) is 0 Å². The zero-order valence-corrected chi connectivity index (χ0v) is 10.1. The van der Waals surface area contributed by atoms with Crippen LogP contribution in [0.2, 0.25) is 0 Å². The number of unbranched alkanes of at least 4 members (excludes halogenated alkanes) is 1. The van der Waals surface area contributed by atoms with Gasteiger partial charge in [-0.25, -0.2) is 0 Å². The third kappa shape index (κ3) is 9.31. The molecule has 0 amide bonds. The maximum atomic E-state index is 4.34. The van der Waals surface area contributed by atoms with E-state index < -0.39 is 0 Å². The highest BCUT2D eigenvalue weighted by Gasteiger charge is 1.98. The largest absolute Gasteiger partial charge is 0.179 e. The Kier molecular flexibility index (Phi) is 10.7. The first-order chi connectivity index (χ1) is 5.31. The molecule has 0 N–H and O–H groups in total. The van der Waals surface area contributed by atoms with E-state index in [-0.39, 0.29) is 0 Å². The summed E-state index contributed by atoms with van der Waals surface area (Å²) >= 11 is 14.6. The third-order valence-corrected chi connectivity index (χ3v) is 4.09. The van der Waals surface area contributed by atoms with Crippen molar-refractivity contribution in [3.05, 3.63) is 0 Å².